The Labute approximate surface area is 94.1 Å². The molecular formula is C11H16N2O3. The molecule has 0 bridgehead atoms. The highest BCUT2D eigenvalue weighted by Crippen LogP contribution is 2.32. The third-order valence-corrected chi connectivity index (χ3v) is 2.80. The SMILES string of the molecule is COc1cc(N)ccc1N1CC(O)C(O)C1. The van der Waals surface area contributed by atoms with Crippen molar-refractivity contribution in [1.29, 1.82) is 0 Å². The van der Waals surface area contributed by atoms with Crippen LogP contribution in [0.1, 0.15) is 0 Å². The Morgan fingerprint density at radius 3 is 2.50 bits per heavy atom. The molecule has 1 heterocycles. The summed E-state index contributed by atoms with van der Waals surface area (Å²) < 4.78 is 5.22. The fourth-order valence-electron chi connectivity index (χ4n) is 1.92. The van der Waals surface area contributed by atoms with E-state index in [4.69, 9.17) is 10.5 Å². The molecule has 2 unspecified atom stereocenters. The number of ether oxygens (including phenoxy) is 1. The lowest BCUT2D eigenvalue weighted by molar-refractivity contribution is 0.0572. The van der Waals surface area contributed by atoms with Crippen LogP contribution in [-0.2, 0) is 0 Å². The van der Waals surface area contributed by atoms with E-state index in [-0.39, 0.29) is 0 Å². The predicted octanol–water partition coefficient (Wildman–Crippen LogP) is -0.181. The number of nitrogens with zero attached hydrogens (tertiary/aromatic N) is 1. The third-order valence-electron chi connectivity index (χ3n) is 2.80. The second-order valence-electron chi connectivity index (χ2n) is 3.97. The topological polar surface area (TPSA) is 79.0 Å². The van der Waals surface area contributed by atoms with Gasteiger partial charge in [-0.3, -0.25) is 0 Å². The normalized spacial score (nSPS) is 24.8. The summed E-state index contributed by atoms with van der Waals surface area (Å²) >= 11 is 0. The summed E-state index contributed by atoms with van der Waals surface area (Å²) in [5, 5.41) is 19.0. The highest BCUT2D eigenvalue weighted by molar-refractivity contribution is 5.64. The zero-order valence-corrected chi connectivity index (χ0v) is 9.13. The lowest BCUT2D eigenvalue weighted by atomic mass is 10.2. The molecule has 0 radical (unpaired) electrons. The average Bonchev–Trinajstić information content (AvgIpc) is 2.59. The number of hydrogen-bond donors (Lipinski definition) is 3. The molecule has 2 atom stereocenters. The van der Waals surface area contributed by atoms with Crippen molar-refractivity contribution in [3.63, 3.8) is 0 Å². The van der Waals surface area contributed by atoms with Gasteiger partial charge in [0, 0.05) is 24.8 Å². The minimum atomic E-state index is -0.706. The minimum absolute atomic E-state index is 0.404. The van der Waals surface area contributed by atoms with Gasteiger partial charge in [0.25, 0.3) is 0 Å². The van der Waals surface area contributed by atoms with Crippen LogP contribution in [0.25, 0.3) is 0 Å². The first kappa shape index (κ1) is 11.0. The van der Waals surface area contributed by atoms with E-state index in [2.05, 4.69) is 0 Å². The number of β-amino-alcohol motifs (C(OH)–C–C–N with tert-alkyl or cyclic N) is 2. The molecule has 1 aliphatic rings. The van der Waals surface area contributed by atoms with Gasteiger partial charge in [-0.2, -0.15) is 0 Å². The number of anilines is 2. The van der Waals surface area contributed by atoms with Crippen molar-refractivity contribution in [2.24, 2.45) is 0 Å². The molecule has 1 fully saturated rings. The Balaban J connectivity index is 2.27. The summed E-state index contributed by atoms with van der Waals surface area (Å²) in [6.07, 6.45) is -1.41. The first-order valence-corrected chi connectivity index (χ1v) is 5.16. The maximum atomic E-state index is 9.49. The number of methoxy groups -OCH3 is 1. The Hall–Kier alpha value is -1.46. The largest absolute Gasteiger partial charge is 0.495 e. The van der Waals surface area contributed by atoms with Gasteiger partial charge in [0.05, 0.1) is 25.0 Å². The first-order valence-electron chi connectivity index (χ1n) is 5.16. The van der Waals surface area contributed by atoms with E-state index in [1.165, 1.54) is 0 Å². The molecule has 4 N–H and O–H groups in total. The first-order chi connectivity index (χ1) is 7.61. The number of benzene rings is 1. The lowest BCUT2D eigenvalue weighted by Gasteiger charge is -2.20. The van der Waals surface area contributed by atoms with Crippen molar-refractivity contribution >= 4 is 11.4 Å². The van der Waals surface area contributed by atoms with E-state index in [9.17, 15) is 10.2 Å². The van der Waals surface area contributed by atoms with Crippen molar-refractivity contribution in [2.45, 2.75) is 12.2 Å². The van der Waals surface area contributed by atoms with Crippen molar-refractivity contribution in [3.05, 3.63) is 18.2 Å². The number of nitrogens with two attached hydrogens (primary N) is 1. The molecule has 0 saturated carbocycles. The molecule has 2 rings (SSSR count). The van der Waals surface area contributed by atoms with Crippen molar-refractivity contribution in [1.82, 2.24) is 0 Å². The Bertz CT molecular complexity index is 373. The summed E-state index contributed by atoms with van der Waals surface area (Å²) in [6.45, 7) is 0.808. The van der Waals surface area contributed by atoms with Gasteiger partial charge in [-0.05, 0) is 12.1 Å². The van der Waals surface area contributed by atoms with Crippen molar-refractivity contribution in [3.8, 4) is 5.75 Å². The van der Waals surface area contributed by atoms with Crippen LogP contribution in [-0.4, -0.2) is 42.6 Å². The zero-order valence-electron chi connectivity index (χ0n) is 9.13. The minimum Gasteiger partial charge on any atom is -0.495 e. The van der Waals surface area contributed by atoms with E-state index in [0.29, 0.717) is 24.5 Å². The highest BCUT2D eigenvalue weighted by Gasteiger charge is 2.30. The van der Waals surface area contributed by atoms with Crippen LogP contribution in [0.15, 0.2) is 18.2 Å². The summed E-state index contributed by atoms with van der Waals surface area (Å²) in [4.78, 5) is 1.88. The second kappa shape index (κ2) is 4.19. The van der Waals surface area contributed by atoms with Crippen LogP contribution in [0.3, 0.4) is 0 Å². The monoisotopic (exact) mass is 224 g/mol. The number of aliphatic hydroxyl groups is 2. The van der Waals surface area contributed by atoms with Crippen LogP contribution in [0.5, 0.6) is 5.75 Å². The van der Waals surface area contributed by atoms with E-state index in [0.717, 1.165) is 5.69 Å². The van der Waals surface area contributed by atoms with Gasteiger partial charge in [-0.1, -0.05) is 0 Å². The second-order valence-corrected chi connectivity index (χ2v) is 3.97. The molecule has 0 amide bonds. The van der Waals surface area contributed by atoms with Crippen molar-refractivity contribution in [2.75, 3.05) is 30.8 Å². The number of nitrogen functional groups attached to an aromatic ring is 1. The van der Waals surface area contributed by atoms with Gasteiger partial charge in [0.2, 0.25) is 0 Å². The molecule has 5 heteroatoms. The Morgan fingerprint density at radius 1 is 1.31 bits per heavy atom. The summed E-state index contributed by atoms with van der Waals surface area (Å²) in [5.41, 5.74) is 7.12. The van der Waals surface area contributed by atoms with Crippen LogP contribution >= 0.6 is 0 Å². The number of rotatable bonds is 2. The van der Waals surface area contributed by atoms with E-state index in [1.807, 2.05) is 11.0 Å². The number of aliphatic hydroxyl groups excluding tert-OH is 2. The zero-order chi connectivity index (χ0) is 11.7. The Morgan fingerprint density at radius 2 is 1.94 bits per heavy atom. The summed E-state index contributed by atoms with van der Waals surface area (Å²) in [5.74, 6) is 0.654. The molecule has 1 aromatic rings. The van der Waals surface area contributed by atoms with Gasteiger partial charge in [0.15, 0.2) is 0 Å². The van der Waals surface area contributed by atoms with Crippen LogP contribution in [0, 0.1) is 0 Å². The number of hydrogen-bond acceptors (Lipinski definition) is 5. The standard InChI is InChI=1S/C11H16N2O3/c1-16-11-4-7(12)2-3-8(11)13-5-9(14)10(15)6-13/h2-4,9-10,14-15H,5-6,12H2,1H3. The predicted molar refractivity (Wildman–Crippen MR) is 61.6 cm³/mol. The fraction of sp³-hybridized carbons (Fsp3) is 0.455. The maximum Gasteiger partial charge on any atom is 0.144 e. The van der Waals surface area contributed by atoms with E-state index >= 15 is 0 Å². The van der Waals surface area contributed by atoms with Gasteiger partial charge >= 0.3 is 0 Å². The molecule has 0 aliphatic carbocycles. The van der Waals surface area contributed by atoms with Gasteiger partial charge in [-0.15, -0.1) is 0 Å². The van der Waals surface area contributed by atoms with Crippen LogP contribution < -0.4 is 15.4 Å². The molecule has 16 heavy (non-hydrogen) atoms. The quantitative estimate of drug-likeness (QED) is 0.607. The van der Waals surface area contributed by atoms with Gasteiger partial charge in [0.1, 0.15) is 5.75 Å². The fourth-order valence-corrected chi connectivity index (χ4v) is 1.92. The summed E-state index contributed by atoms with van der Waals surface area (Å²) in [7, 11) is 1.57. The van der Waals surface area contributed by atoms with Gasteiger partial charge < -0.3 is 25.6 Å². The molecule has 0 aromatic heterocycles. The lowest BCUT2D eigenvalue weighted by Crippen LogP contribution is -2.22. The average molecular weight is 224 g/mol. The molecule has 1 saturated heterocycles. The summed E-state index contributed by atoms with van der Waals surface area (Å²) in [6, 6.07) is 5.33. The molecular weight excluding hydrogens is 208 g/mol. The molecule has 5 nitrogen and oxygen atoms in total. The molecule has 1 aromatic carbocycles. The van der Waals surface area contributed by atoms with Gasteiger partial charge in [-0.25, -0.2) is 0 Å². The molecule has 0 spiro atoms. The third kappa shape index (κ3) is 1.91. The van der Waals surface area contributed by atoms with Crippen molar-refractivity contribution < 1.29 is 14.9 Å². The highest BCUT2D eigenvalue weighted by atomic mass is 16.5. The molecule has 1 aliphatic heterocycles. The smallest absolute Gasteiger partial charge is 0.144 e. The Kier molecular flexibility index (Phi) is 2.89. The van der Waals surface area contributed by atoms with Crippen LogP contribution in [0.2, 0.25) is 0 Å². The van der Waals surface area contributed by atoms with E-state index < -0.39 is 12.2 Å². The molecule has 88 valence electrons. The van der Waals surface area contributed by atoms with Crippen LogP contribution in [0.4, 0.5) is 11.4 Å². The van der Waals surface area contributed by atoms with E-state index in [1.54, 1.807) is 19.2 Å². The maximum absolute atomic E-state index is 9.49.